The summed E-state index contributed by atoms with van der Waals surface area (Å²) in [5.74, 6) is 0.741. The number of hydrogen-bond acceptors (Lipinski definition) is 5. The topological polar surface area (TPSA) is 69.1 Å². The van der Waals surface area contributed by atoms with Gasteiger partial charge >= 0.3 is 5.63 Å². The van der Waals surface area contributed by atoms with Gasteiger partial charge in [0.2, 0.25) is 5.89 Å². The van der Waals surface area contributed by atoms with Gasteiger partial charge in [0.25, 0.3) is 0 Å². The molecule has 0 amide bonds. The number of hydrogen-bond donors (Lipinski definition) is 1. The summed E-state index contributed by atoms with van der Waals surface area (Å²) in [7, 11) is 0. The number of alkyl halides is 1. The van der Waals surface area contributed by atoms with Crippen LogP contribution < -0.4 is 11.4 Å². The normalized spacial score (nSPS) is 11.1. The van der Waals surface area contributed by atoms with Crippen LogP contribution in [0.3, 0.4) is 0 Å². The number of halogens is 1. The zero-order valence-corrected chi connectivity index (χ0v) is 9.61. The Morgan fingerprint density at radius 2 is 2.33 bits per heavy atom. The highest BCUT2D eigenvalue weighted by molar-refractivity contribution is 7.19. The van der Waals surface area contributed by atoms with E-state index in [-0.39, 0.29) is 0 Å². The van der Waals surface area contributed by atoms with Crippen molar-refractivity contribution in [1.29, 1.82) is 0 Å². The van der Waals surface area contributed by atoms with Gasteiger partial charge in [-0.25, -0.2) is 9.78 Å². The Morgan fingerprint density at radius 3 is 3.00 bits per heavy atom. The summed E-state index contributed by atoms with van der Waals surface area (Å²) >= 11 is 6.95. The van der Waals surface area contributed by atoms with Crippen LogP contribution in [0.5, 0.6) is 0 Å². The van der Waals surface area contributed by atoms with Gasteiger partial charge in [-0.15, -0.1) is 22.9 Å². The van der Waals surface area contributed by atoms with E-state index < -0.39 is 5.63 Å². The number of nitrogens with two attached hydrogens (primary N) is 1. The molecule has 0 fully saturated rings. The van der Waals surface area contributed by atoms with E-state index in [1.165, 1.54) is 11.3 Å². The van der Waals surface area contributed by atoms with Gasteiger partial charge in [-0.1, -0.05) is 0 Å². The van der Waals surface area contributed by atoms with Gasteiger partial charge < -0.3 is 10.2 Å². The Kier molecular flexibility index (Phi) is 2.67. The molecule has 0 unspecified atom stereocenters. The summed E-state index contributed by atoms with van der Waals surface area (Å²) in [6.07, 6.45) is 0.448. The zero-order chi connectivity index (χ0) is 11.0. The lowest BCUT2D eigenvalue weighted by Crippen LogP contribution is -2.05. The smallest absolute Gasteiger partial charge is 0.349 e. The molecular formula is C9H9ClN2O2S. The lowest BCUT2D eigenvalue weighted by atomic mass is 10.3. The van der Waals surface area contributed by atoms with Crippen LogP contribution in [0.2, 0.25) is 0 Å². The van der Waals surface area contributed by atoms with Crippen molar-refractivity contribution in [3.8, 4) is 0 Å². The summed E-state index contributed by atoms with van der Waals surface area (Å²) < 4.78 is 5.00. The van der Waals surface area contributed by atoms with E-state index in [2.05, 4.69) is 4.98 Å². The standard InChI is InChI=1S/C9H9ClN2O2S/c1-4-7(11)6-8(15-4)12-5(2-3-10)14-9(6)13/h2-3,11H2,1H3. The summed E-state index contributed by atoms with van der Waals surface area (Å²) in [6.45, 7) is 1.85. The van der Waals surface area contributed by atoms with Crippen molar-refractivity contribution < 1.29 is 4.42 Å². The molecule has 80 valence electrons. The molecule has 0 spiro atoms. The van der Waals surface area contributed by atoms with Crippen molar-refractivity contribution in [3.63, 3.8) is 0 Å². The summed E-state index contributed by atoms with van der Waals surface area (Å²) in [4.78, 5) is 17.3. The third-order valence-corrected chi connectivity index (χ3v) is 3.27. The number of aryl methyl sites for hydroxylation is 2. The second kappa shape index (κ2) is 3.83. The molecule has 2 aromatic rings. The van der Waals surface area contributed by atoms with Crippen LogP contribution in [-0.4, -0.2) is 10.9 Å². The molecule has 0 aliphatic carbocycles. The number of anilines is 1. The van der Waals surface area contributed by atoms with Crippen molar-refractivity contribution >= 4 is 38.8 Å². The number of nitrogens with zero attached hydrogens (tertiary/aromatic N) is 1. The molecule has 2 heterocycles. The molecular weight excluding hydrogens is 236 g/mol. The minimum atomic E-state index is -0.429. The first-order chi connectivity index (χ1) is 7.13. The molecule has 2 aromatic heterocycles. The van der Waals surface area contributed by atoms with Gasteiger partial charge in [0.15, 0.2) is 0 Å². The molecule has 0 aliphatic rings. The van der Waals surface area contributed by atoms with Crippen molar-refractivity contribution in [2.24, 2.45) is 0 Å². The largest absolute Gasteiger partial charge is 0.408 e. The summed E-state index contributed by atoms with van der Waals surface area (Å²) in [5.41, 5.74) is 5.79. The fourth-order valence-corrected chi connectivity index (χ4v) is 2.41. The fraction of sp³-hybridized carbons (Fsp3) is 0.333. The van der Waals surface area contributed by atoms with Crippen molar-refractivity contribution in [2.45, 2.75) is 13.3 Å². The lowest BCUT2D eigenvalue weighted by molar-refractivity contribution is 0.451. The van der Waals surface area contributed by atoms with E-state index in [0.717, 1.165) is 4.88 Å². The quantitative estimate of drug-likeness (QED) is 0.820. The molecule has 6 heteroatoms. The van der Waals surface area contributed by atoms with Crippen LogP contribution in [0.15, 0.2) is 9.21 Å². The minimum Gasteiger partial charge on any atom is -0.408 e. The molecule has 0 saturated carbocycles. The van der Waals surface area contributed by atoms with Gasteiger partial charge in [0.05, 0.1) is 5.69 Å². The molecule has 0 atom stereocenters. The predicted octanol–water partition coefficient (Wildman–Crippen LogP) is 1.92. The number of aromatic nitrogens is 1. The van der Waals surface area contributed by atoms with Gasteiger partial charge in [-0.3, -0.25) is 0 Å². The minimum absolute atomic E-state index is 0.365. The van der Waals surface area contributed by atoms with Crippen LogP contribution in [0.4, 0.5) is 5.69 Å². The van der Waals surface area contributed by atoms with Crippen LogP contribution in [-0.2, 0) is 6.42 Å². The molecule has 0 saturated heterocycles. The third kappa shape index (κ3) is 1.72. The maximum Gasteiger partial charge on any atom is 0.349 e. The van der Waals surface area contributed by atoms with Gasteiger partial charge in [0.1, 0.15) is 10.2 Å². The maximum atomic E-state index is 11.6. The maximum absolute atomic E-state index is 11.6. The summed E-state index contributed by atoms with van der Waals surface area (Å²) in [6, 6.07) is 0. The van der Waals surface area contributed by atoms with E-state index in [1.807, 2.05) is 6.92 Å². The van der Waals surface area contributed by atoms with E-state index in [1.54, 1.807) is 0 Å². The van der Waals surface area contributed by atoms with Crippen LogP contribution in [0.1, 0.15) is 10.8 Å². The Hall–Kier alpha value is -1.07. The average Bonchev–Trinajstić information content (AvgIpc) is 2.43. The zero-order valence-electron chi connectivity index (χ0n) is 8.04. The highest BCUT2D eigenvalue weighted by Crippen LogP contribution is 2.29. The van der Waals surface area contributed by atoms with E-state index in [0.29, 0.717) is 34.1 Å². The lowest BCUT2D eigenvalue weighted by Gasteiger charge is -1.95. The first kappa shape index (κ1) is 10.4. The predicted molar refractivity (Wildman–Crippen MR) is 61.7 cm³/mol. The Bertz CT molecular complexity index is 561. The van der Waals surface area contributed by atoms with E-state index in [4.69, 9.17) is 21.8 Å². The first-order valence-corrected chi connectivity index (χ1v) is 5.73. The number of thiophene rings is 1. The van der Waals surface area contributed by atoms with Crippen LogP contribution >= 0.6 is 22.9 Å². The Morgan fingerprint density at radius 1 is 1.60 bits per heavy atom. The molecule has 0 radical (unpaired) electrons. The highest BCUT2D eigenvalue weighted by atomic mass is 35.5. The number of nitrogen functional groups attached to an aromatic ring is 1. The molecule has 2 N–H and O–H groups in total. The average molecular weight is 245 g/mol. The number of fused-ring (bicyclic) bond motifs is 1. The van der Waals surface area contributed by atoms with Gasteiger partial charge in [-0.05, 0) is 6.92 Å². The highest BCUT2D eigenvalue weighted by Gasteiger charge is 2.13. The molecule has 2 rings (SSSR count). The second-order valence-corrected chi connectivity index (χ2v) is 4.67. The summed E-state index contributed by atoms with van der Waals surface area (Å²) in [5, 5.41) is 0.385. The van der Waals surface area contributed by atoms with Crippen LogP contribution in [0, 0.1) is 6.92 Å². The van der Waals surface area contributed by atoms with Crippen molar-refractivity contribution in [1.82, 2.24) is 4.98 Å². The van der Waals surface area contributed by atoms with Gasteiger partial charge in [-0.2, -0.15) is 0 Å². The van der Waals surface area contributed by atoms with Gasteiger partial charge in [0, 0.05) is 17.2 Å². The first-order valence-electron chi connectivity index (χ1n) is 4.38. The molecule has 15 heavy (non-hydrogen) atoms. The van der Waals surface area contributed by atoms with Crippen molar-refractivity contribution in [3.05, 3.63) is 21.2 Å². The van der Waals surface area contributed by atoms with E-state index >= 15 is 0 Å². The molecule has 4 nitrogen and oxygen atoms in total. The molecule has 0 aromatic carbocycles. The number of rotatable bonds is 2. The third-order valence-electron chi connectivity index (χ3n) is 2.06. The SMILES string of the molecule is Cc1sc2nc(CCCl)oc(=O)c2c1N. The van der Waals surface area contributed by atoms with Crippen LogP contribution in [0.25, 0.3) is 10.2 Å². The molecule has 0 bridgehead atoms. The monoisotopic (exact) mass is 244 g/mol. The Labute approximate surface area is 94.7 Å². The van der Waals surface area contributed by atoms with Crippen molar-refractivity contribution in [2.75, 3.05) is 11.6 Å². The Balaban J connectivity index is 2.73. The molecule has 0 aliphatic heterocycles. The van der Waals surface area contributed by atoms with E-state index in [9.17, 15) is 4.79 Å². The fourth-order valence-electron chi connectivity index (χ4n) is 1.30. The second-order valence-electron chi connectivity index (χ2n) is 3.09.